The number of fused-ring (bicyclic) bond motifs is 1. The van der Waals surface area contributed by atoms with Crippen LogP contribution in [0.5, 0.6) is 5.75 Å². The van der Waals surface area contributed by atoms with Crippen LogP contribution in [0.4, 0.5) is 5.69 Å². The Kier molecular flexibility index (Phi) is 3.91. The van der Waals surface area contributed by atoms with Gasteiger partial charge in [0.15, 0.2) is 6.79 Å². The van der Waals surface area contributed by atoms with Gasteiger partial charge in [0, 0.05) is 35.0 Å². The van der Waals surface area contributed by atoms with Crippen molar-refractivity contribution < 1.29 is 14.4 Å². The maximum atomic E-state index is 11.2. The Morgan fingerprint density at radius 3 is 2.84 bits per heavy atom. The minimum absolute atomic E-state index is 0.0262. The Bertz CT molecular complexity index is 921. The topological polar surface area (TPSA) is 79.4 Å². The van der Waals surface area contributed by atoms with Gasteiger partial charge in [0.05, 0.1) is 24.3 Å². The summed E-state index contributed by atoms with van der Waals surface area (Å²) in [5.41, 5.74) is 3.49. The first-order valence-electron chi connectivity index (χ1n) is 7.79. The molecule has 7 nitrogen and oxygen atoms in total. The van der Waals surface area contributed by atoms with E-state index < -0.39 is 4.92 Å². The first-order valence-corrected chi connectivity index (χ1v) is 7.79. The number of rotatable bonds is 4. The molecule has 1 aliphatic heterocycles. The zero-order chi connectivity index (χ0) is 17.2. The van der Waals surface area contributed by atoms with Crippen LogP contribution in [0.15, 0.2) is 54.9 Å². The molecule has 0 atom stereocenters. The summed E-state index contributed by atoms with van der Waals surface area (Å²) in [7, 11) is 0. The van der Waals surface area contributed by atoms with E-state index in [1.165, 1.54) is 12.1 Å². The van der Waals surface area contributed by atoms with E-state index in [9.17, 15) is 10.1 Å². The summed E-state index contributed by atoms with van der Waals surface area (Å²) >= 11 is 0. The smallest absolute Gasteiger partial charge is 0.270 e. The lowest BCUT2D eigenvalue weighted by molar-refractivity contribution is -0.385. The molecule has 0 aliphatic carbocycles. The Hall–Kier alpha value is -3.19. The van der Waals surface area contributed by atoms with E-state index in [-0.39, 0.29) is 12.5 Å². The third-order valence-electron chi connectivity index (χ3n) is 4.06. The molecule has 4 rings (SSSR count). The van der Waals surface area contributed by atoms with Crippen LogP contribution in [0.25, 0.3) is 11.1 Å². The number of ether oxygens (including phenoxy) is 2. The molecule has 25 heavy (non-hydrogen) atoms. The van der Waals surface area contributed by atoms with Crippen molar-refractivity contribution in [2.45, 2.75) is 13.2 Å². The highest BCUT2D eigenvalue weighted by Crippen LogP contribution is 2.33. The van der Waals surface area contributed by atoms with Gasteiger partial charge in [-0.25, -0.2) is 0 Å². The van der Waals surface area contributed by atoms with Gasteiger partial charge in [-0.1, -0.05) is 30.3 Å². The minimum Gasteiger partial charge on any atom is -0.467 e. The highest BCUT2D eigenvalue weighted by Gasteiger charge is 2.21. The molecule has 0 radical (unpaired) electrons. The van der Waals surface area contributed by atoms with Crippen LogP contribution >= 0.6 is 0 Å². The molecule has 0 unspecified atom stereocenters. The number of hydrogen-bond donors (Lipinski definition) is 0. The average Bonchev–Trinajstić information content (AvgIpc) is 3.11. The molecule has 1 aromatic heterocycles. The number of nitrogens with zero attached hydrogens (tertiary/aromatic N) is 3. The van der Waals surface area contributed by atoms with E-state index in [1.54, 1.807) is 10.9 Å². The molecule has 0 saturated carbocycles. The summed E-state index contributed by atoms with van der Waals surface area (Å²) in [6.45, 7) is 0.835. The maximum Gasteiger partial charge on any atom is 0.270 e. The van der Waals surface area contributed by atoms with Gasteiger partial charge in [-0.2, -0.15) is 5.10 Å². The Morgan fingerprint density at radius 1 is 1.20 bits per heavy atom. The van der Waals surface area contributed by atoms with Crippen LogP contribution in [0.3, 0.4) is 0 Å². The van der Waals surface area contributed by atoms with E-state index >= 15 is 0 Å². The first kappa shape index (κ1) is 15.3. The molecular weight excluding hydrogens is 322 g/mol. The predicted molar refractivity (Wildman–Crippen MR) is 90.1 cm³/mol. The monoisotopic (exact) mass is 337 g/mol. The molecule has 3 aromatic rings. The summed E-state index contributed by atoms with van der Waals surface area (Å²) in [6, 6.07) is 13.0. The van der Waals surface area contributed by atoms with Gasteiger partial charge in [0.1, 0.15) is 5.75 Å². The van der Waals surface area contributed by atoms with Crippen molar-refractivity contribution in [1.82, 2.24) is 9.78 Å². The number of hydrogen-bond acceptors (Lipinski definition) is 5. The number of aromatic nitrogens is 2. The zero-order valence-electron chi connectivity index (χ0n) is 13.3. The fraction of sp³-hybridized carbons (Fsp3) is 0.167. The lowest BCUT2D eigenvalue weighted by Crippen LogP contribution is -2.15. The predicted octanol–water partition coefficient (Wildman–Crippen LogP) is 3.37. The van der Waals surface area contributed by atoms with Crippen molar-refractivity contribution >= 4 is 5.69 Å². The standard InChI is InChI=1S/C18H15N3O4/c22-21(23)17-6-14(18-15(7-17)11-24-12-25-18)9-20-10-16(8-19-20)13-4-2-1-3-5-13/h1-8,10H,9,11-12H2. The fourth-order valence-electron chi connectivity index (χ4n) is 2.91. The van der Waals surface area contributed by atoms with Crippen LogP contribution in [0, 0.1) is 10.1 Å². The molecule has 0 bridgehead atoms. The van der Waals surface area contributed by atoms with E-state index in [0.29, 0.717) is 24.5 Å². The van der Waals surface area contributed by atoms with Crippen LogP contribution in [-0.2, 0) is 17.9 Å². The lowest BCUT2D eigenvalue weighted by Gasteiger charge is -2.20. The number of non-ortho nitro benzene ring substituents is 1. The molecule has 0 spiro atoms. The summed E-state index contributed by atoms with van der Waals surface area (Å²) in [5, 5.41) is 15.6. The SMILES string of the molecule is O=[N+]([O-])c1cc2c(c(Cn3cc(-c4ccccc4)cn3)c1)OCOC2. The van der Waals surface area contributed by atoms with Gasteiger partial charge >= 0.3 is 0 Å². The average molecular weight is 337 g/mol. The molecule has 0 fully saturated rings. The molecule has 0 amide bonds. The van der Waals surface area contributed by atoms with Crippen LogP contribution in [-0.4, -0.2) is 21.5 Å². The van der Waals surface area contributed by atoms with Gasteiger partial charge in [0.25, 0.3) is 5.69 Å². The maximum absolute atomic E-state index is 11.2. The summed E-state index contributed by atoms with van der Waals surface area (Å²) in [5.74, 6) is 0.647. The van der Waals surface area contributed by atoms with Gasteiger partial charge < -0.3 is 9.47 Å². The second kappa shape index (κ2) is 6.37. The van der Waals surface area contributed by atoms with Gasteiger partial charge in [0.2, 0.25) is 0 Å². The van der Waals surface area contributed by atoms with Crippen molar-refractivity contribution in [2.24, 2.45) is 0 Å². The highest BCUT2D eigenvalue weighted by atomic mass is 16.7. The third kappa shape index (κ3) is 3.09. The van der Waals surface area contributed by atoms with Crippen molar-refractivity contribution in [3.63, 3.8) is 0 Å². The van der Waals surface area contributed by atoms with Crippen molar-refractivity contribution in [3.8, 4) is 16.9 Å². The molecule has 0 N–H and O–H groups in total. The Balaban J connectivity index is 1.68. The van der Waals surface area contributed by atoms with E-state index in [4.69, 9.17) is 9.47 Å². The van der Waals surface area contributed by atoms with Crippen molar-refractivity contribution in [3.05, 3.63) is 76.1 Å². The van der Waals surface area contributed by atoms with Crippen LogP contribution < -0.4 is 4.74 Å². The second-order valence-electron chi connectivity index (χ2n) is 5.75. The molecule has 2 heterocycles. The quantitative estimate of drug-likeness (QED) is 0.539. The number of nitro groups is 1. The van der Waals surface area contributed by atoms with Gasteiger partial charge in [-0.05, 0) is 5.56 Å². The second-order valence-corrected chi connectivity index (χ2v) is 5.75. The fourth-order valence-corrected chi connectivity index (χ4v) is 2.91. The summed E-state index contributed by atoms with van der Waals surface area (Å²) < 4.78 is 12.5. The number of nitro benzene ring substituents is 1. The molecule has 1 aliphatic rings. The van der Waals surface area contributed by atoms with Crippen molar-refractivity contribution in [2.75, 3.05) is 6.79 Å². The normalized spacial score (nSPS) is 13.1. The van der Waals surface area contributed by atoms with Gasteiger partial charge in [-0.15, -0.1) is 0 Å². The molecule has 0 saturated heterocycles. The minimum atomic E-state index is -0.406. The van der Waals surface area contributed by atoms with Crippen LogP contribution in [0.2, 0.25) is 0 Å². The number of benzene rings is 2. The van der Waals surface area contributed by atoms with E-state index in [2.05, 4.69) is 5.10 Å². The molecule has 7 heteroatoms. The van der Waals surface area contributed by atoms with Gasteiger partial charge in [-0.3, -0.25) is 14.8 Å². The van der Waals surface area contributed by atoms with Crippen molar-refractivity contribution in [1.29, 1.82) is 0 Å². The highest BCUT2D eigenvalue weighted by molar-refractivity contribution is 5.61. The molecule has 2 aromatic carbocycles. The lowest BCUT2D eigenvalue weighted by atomic mass is 10.1. The largest absolute Gasteiger partial charge is 0.467 e. The summed E-state index contributed by atoms with van der Waals surface area (Å²) in [4.78, 5) is 10.8. The third-order valence-corrected chi connectivity index (χ3v) is 4.06. The first-order chi connectivity index (χ1) is 12.2. The van der Waals surface area contributed by atoms with Crippen LogP contribution in [0.1, 0.15) is 11.1 Å². The zero-order valence-corrected chi connectivity index (χ0v) is 13.3. The van der Waals surface area contributed by atoms with E-state index in [0.717, 1.165) is 16.7 Å². The van der Waals surface area contributed by atoms with E-state index in [1.807, 2.05) is 36.5 Å². The Morgan fingerprint density at radius 2 is 2.04 bits per heavy atom. The molecule has 126 valence electrons. The molecular formula is C18H15N3O4. The Labute approximate surface area is 143 Å². The summed E-state index contributed by atoms with van der Waals surface area (Å²) in [6.07, 6.45) is 3.70.